The Morgan fingerprint density at radius 3 is 2.56 bits per heavy atom. The quantitative estimate of drug-likeness (QED) is 0.466. The van der Waals surface area contributed by atoms with Crippen LogP contribution in [0.1, 0.15) is 6.42 Å². The highest BCUT2D eigenvalue weighted by Gasteiger charge is 2.05. The first-order chi connectivity index (χ1) is 4.22. The first-order valence-corrected chi connectivity index (χ1v) is 3.18. The highest BCUT2D eigenvalue weighted by atomic mass is 32.1. The van der Waals surface area contributed by atoms with Gasteiger partial charge in [-0.1, -0.05) is 12.2 Å². The molecule has 0 saturated carbocycles. The van der Waals surface area contributed by atoms with Gasteiger partial charge in [0.05, 0.1) is 5.25 Å². The van der Waals surface area contributed by atoms with Crippen LogP contribution in [0.3, 0.4) is 0 Å². The van der Waals surface area contributed by atoms with Crippen molar-refractivity contribution in [1.29, 1.82) is 0 Å². The van der Waals surface area contributed by atoms with Crippen molar-refractivity contribution in [2.45, 2.75) is 11.7 Å². The molecule has 0 aromatic carbocycles. The number of carbonyl (C=O) groups excluding carboxylic acids is 1. The molecule has 2 heteroatoms. The molecule has 0 radical (unpaired) electrons. The molecule has 0 N–H and O–H groups in total. The number of ketones is 1. The molecule has 0 heterocycles. The average Bonchev–Trinajstić information content (AvgIpc) is 1.87. The van der Waals surface area contributed by atoms with E-state index in [1.54, 1.807) is 6.08 Å². The van der Waals surface area contributed by atoms with Crippen molar-refractivity contribution < 1.29 is 4.79 Å². The van der Waals surface area contributed by atoms with E-state index in [-0.39, 0.29) is 11.0 Å². The Balaban J connectivity index is 3.71. The highest BCUT2D eigenvalue weighted by molar-refractivity contribution is 7.82. The molecule has 0 aliphatic rings. The molecule has 9 heavy (non-hydrogen) atoms. The van der Waals surface area contributed by atoms with Crippen LogP contribution in [0.4, 0.5) is 0 Å². The van der Waals surface area contributed by atoms with E-state index in [4.69, 9.17) is 0 Å². The van der Waals surface area contributed by atoms with Gasteiger partial charge in [-0.2, -0.15) is 12.6 Å². The normalized spacial score (nSPS) is 12.1. The van der Waals surface area contributed by atoms with Gasteiger partial charge in [0.2, 0.25) is 0 Å². The number of Topliss-reactive ketones (excluding diaryl/α,β-unsaturated/α-hetero) is 1. The maximum absolute atomic E-state index is 10.8. The third kappa shape index (κ3) is 3.14. The van der Waals surface area contributed by atoms with E-state index in [1.807, 2.05) is 0 Å². The summed E-state index contributed by atoms with van der Waals surface area (Å²) in [6.07, 6.45) is 3.45. The summed E-state index contributed by atoms with van der Waals surface area (Å²) < 4.78 is 0. The first-order valence-electron chi connectivity index (χ1n) is 2.66. The third-order valence-electron chi connectivity index (χ3n) is 0.899. The molecule has 0 aromatic rings. The fourth-order valence-electron chi connectivity index (χ4n) is 0.394. The van der Waals surface area contributed by atoms with Crippen LogP contribution in [-0.4, -0.2) is 11.0 Å². The second-order valence-electron chi connectivity index (χ2n) is 1.64. The van der Waals surface area contributed by atoms with Crippen molar-refractivity contribution in [1.82, 2.24) is 0 Å². The molecule has 0 amide bonds. The van der Waals surface area contributed by atoms with E-state index in [1.165, 1.54) is 6.08 Å². The summed E-state index contributed by atoms with van der Waals surface area (Å²) in [7, 11) is 0. The Hall–Kier alpha value is -0.500. The van der Waals surface area contributed by atoms with Crippen molar-refractivity contribution in [3.8, 4) is 0 Å². The molecule has 0 spiro atoms. The molecule has 50 valence electrons. The Labute approximate surface area is 60.9 Å². The maximum atomic E-state index is 10.8. The van der Waals surface area contributed by atoms with Crippen LogP contribution in [-0.2, 0) is 4.79 Å². The molecule has 0 bridgehead atoms. The third-order valence-corrected chi connectivity index (χ3v) is 1.40. The Kier molecular flexibility index (Phi) is 4.14. The largest absolute Gasteiger partial charge is 0.298 e. The summed E-state index contributed by atoms with van der Waals surface area (Å²) >= 11 is 3.94. The molecule has 0 fully saturated rings. The number of rotatable bonds is 4. The van der Waals surface area contributed by atoms with Gasteiger partial charge in [-0.3, -0.25) is 4.79 Å². The zero-order valence-corrected chi connectivity index (χ0v) is 6.10. The lowest BCUT2D eigenvalue weighted by Gasteiger charge is -1.98. The van der Waals surface area contributed by atoms with Crippen LogP contribution in [0.2, 0.25) is 0 Å². The van der Waals surface area contributed by atoms with Crippen molar-refractivity contribution in [2.75, 3.05) is 0 Å². The van der Waals surface area contributed by atoms with E-state index in [9.17, 15) is 4.79 Å². The molecule has 1 atom stereocenters. The van der Waals surface area contributed by atoms with Gasteiger partial charge in [-0.25, -0.2) is 0 Å². The van der Waals surface area contributed by atoms with E-state index in [0.29, 0.717) is 6.42 Å². The van der Waals surface area contributed by atoms with Crippen LogP contribution in [0.25, 0.3) is 0 Å². The van der Waals surface area contributed by atoms with E-state index < -0.39 is 0 Å². The van der Waals surface area contributed by atoms with Crippen LogP contribution >= 0.6 is 12.6 Å². The topological polar surface area (TPSA) is 17.1 Å². The molecular weight excluding hydrogens is 132 g/mol. The van der Waals surface area contributed by atoms with Crippen molar-refractivity contribution in [3.63, 3.8) is 0 Å². The Bertz CT molecular complexity index is 129. The van der Waals surface area contributed by atoms with Gasteiger partial charge in [0, 0.05) is 6.42 Å². The highest BCUT2D eigenvalue weighted by Crippen LogP contribution is 2.00. The lowest BCUT2D eigenvalue weighted by atomic mass is 10.2. The zero-order valence-electron chi connectivity index (χ0n) is 5.21. The molecule has 1 nitrogen and oxygen atoms in total. The average molecular weight is 142 g/mol. The minimum atomic E-state index is -0.331. The maximum Gasteiger partial charge on any atom is 0.153 e. The van der Waals surface area contributed by atoms with Crippen LogP contribution in [0.5, 0.6) is 0 Å². The molecule has 0 aliphatic heterocycles. The summed E-state index contributed by atoms with van der Waals surface area (Å²) in [6, 6.07) is 0. The smallest absolute Gasteiger partial charge is 0.153 e. The minimum Gasteiger partial charge on any atom is -0.298 e. The molecule has 0 saturated heterocycles. The number of hydrogen-bond donors (Lipinski definition) is 1. The van der Waals surface area contributed by atoms with Crippen LogP contribution in [0.15, 0.2) is 25.3 Å². The van der Waals surface area contributed by atoms with Crippen molar-refractivity contribution in [2.24, 2.45) is 0 Å². The van der Waals surface area contributed by atoms with Crippen LogP contribution in [0, 0.1) is 0 Å². The SMILES string of the molecule is C=CCC(=O)C(S)C=C. The molecule has 0 aliphatic carbocycles. The van der Waals surface area contributed by atoms with Gasteiger partial charge in [-0.15, -0.1) is 13.2 Å². The second kappa shape index (κ2) is 4.39. The first kappa shape index (κ1) is 8.50. The van der Waals surface area contributed by atoms with Crippen molar-refractivity contribution >= 4 is 18.4 Å². The summed E-state index contributed by atoms with van der Waals surface area (Å²) in [5.41, 5.74) is 0. The summed E-state index contributed by atoms with van der Waals surface area (Å²) in [5, 5.41) is -0.331. The second-order valence-corrected chi connectivity index (χ2v) is 2.20. The van der Waals surface area contributed by atoms with E-state index >= 15 is 0 Å². The standard InChI is InChI=1S/C7H10OS/c1-3-5-6(8)7(9)4-2/h3-4,7,9H,1-2,5H2. The minimum absolute atomic E-state index is 0.0448. The van der Waals surface area contributed by atoms with Gasteiger partial charge in [0.25, 0.3) is 0 Å². The van der Waals surface area contributed by atoms with Crippen LogP contribution < -0.4 is 0 Å². The van der Waals surface area contributed by atoms with E-state index in [2.05, 4.69) is 25.8 Å². The lowest BCUT2D eigenvalue weighted by Crippen LogP contribution is -2.09. The summed E-state index contributed by atoms with van der Waals surface area (Å²) in [4.78, 5) is 10.8. The van der Waals surface area contributed by atoms with Crippen molar-refractivity contribution in [3.05, 3.63) is 25.3 Å². The predicted octanol–water partition coefficient (Wildman–Crippen LogP) is 1.62. The fourth-order valence-corrected chi connectivity index (χ4v) is 0.500. The van der Waals surface area contributed by atoms with E-state index in [0.717, 1.165) is 0 Å². The Morgan fingerprint density at radius 2 is 2.22 bits per heavy atom. The summed E-state index contributed by atoms with van der Waals surface area (Å²) in [5.74, 6) is 0.0448. The zero-order chi connectivity index (χ0) is 7.28. The molecule has 1 unspecified atom stereocenters. The van der Waals surface area contributed by atoms with Gasteiger partial charge in [0.15, 0.2) is 5.78 Å². The summed E-state index contributed by atoms with van der Waals surface area (Å²) in [6.45, 7) is 6.86. The molecule has 0 rings (SSSR count). The number of allylic oxidation sites excluding steroid dienone is 1. The number of carbonyl (C=O) groups is 1. The number of thiol groups is 1. The van der Waals surface area contributed by atoms with Gasteiger partial charge in [0.1, 0.15) is 0 Å². The van der Waals surface area contributed by atoms with Gasteiger partial charge < -0.3 is 0 Å². The number of hydrogen-bond acceptors (Lipinski definition) is 2. The van der Waals surface area contributed by atoms with Gasteiger partial charge in [-0.05, 0) is 0 Å². The molecular formula is C7H10OS. The monoisotopic (exact) mass is 142 g/mol. The fraction of sp³-hybridized carbons (Fsp3) is 0.286. The molecule has 0 aromatic heterocycles. The predicted molar refractivity (Wildman–Crippen MR) is 42.8 cm³/mol. The lowest BCUT2D eigenvalue weighted by molar-refractivity contribution is -0.117. The van der Waals surface area contributed by atoms with Gasteiger partial charge >= 0.3 is 0 Å². The Morgan fingerprint density at radius 1 is 1.67 bits per heavy atom.